The molecule has 11 heavy (non-hydrogen) atoms. The Morgan fingerprint density at radius 3 is 2.00 bits per heavy atom. The van der Waals surface area contributed by atoms with Crippen LogP contribution in [0.2, 0.25) is 0 Å². The highest BCUT2D eigenvalue weighted by molar-refractivity contribution is 4.74. The van der Waals surface area contributed by atoms with E-state index in [2.05, 4.69) is 34.6 Å². The third-order valence-corrected chi connectivity index (χ3v) is 2.66. The lowest BCUT2D eigenvalue weighted by atomic mass is 9.78. The first kappa shape index (κ1) is 11.0. The lowest BCUT2D eigenvalue weighted by Crippen LogP contribution is -2.27. The van der Waals surface area contributed by atoms with E-state index < -0.39 is 0 Å². The van der Waals surface area contributed by atoms with E-state index in [9.17, 15) is 0 Å². The van der Waals surface area contributed by atoms with Crippen molar-refractivity contribution in [2.24, 2.45) is 17.1 Å². The largest absolute Gasteiger partial charge is 0.328 e. The Labute approximate surface area is 71.4 Å². The van der Waals surface area contributed by atoms with Gasteiger partial charge in [-0.15, -0.1) is 0 Å². The smallest absolute Gasteiger partial charge is 0.00389 e. The molecule has 0 fully saturated rings. The van der Waals surface area contributed by atoms with Crippen molar-refractivity contribution >= 4 is 0 Å². The van der Waals surface area contributed by atoms with Crippen LogP contribution >= 0.6 is 0 Å². The monoisotopic (exact) mass is 157 g/mol. The highest BCUT2D eigenvalue weighted by Gasteiger charge is 2.21. The maximum absolute atomic E-state index is 5.87. The Bertz CT molecular complexity index is 102. The van der Waals surface area contributed by atoms with Crippen LogP contribution in [0.25, 0.3) is 0 Å². The van der Waals surface area contributed by atoms with E-state index in [-0.39, 0.29) is 0 Å². The number of nitrogens with two attached hydrogens (primary N) is 1. The molecule has 0 aliphatic heterocycles. The van der Waals surface area contributed by atoms with Crippen molar-refractivity contribution < 1.29 is 0 Å². The zero-order chi connectivity index (χ0) is 9.07. The molecule has 68 valence electrons. The predicted molar refractivity (Wildman–Crippen MR) is 51.5 cm³/mol. The molecule has 0 saturated carbocycles. The van der Waals surface area contributed by atoms with E-state index in [1.807, 2.05) is 0 Å². The molecule has 1 heteroatoms. The van der Waals surface area contributed by atoms with Crippen molar-refractivity contribution in [3.8, 4) is 0 Å². The maximum atomic E-state index is 5.87. The van der Waals surface area contributed by atoms with Crippen LogP contribution in [-0.4, -0.2) is 6.04 Å². The van der Waals surface area contributed by atoms with Gasteiger partial charge in [0.25, 0.3) is 0 Å². The molecule has 2 unspecified atom stereocenters. The van der Waals surface area contributed by atoms with Gasteiger partial charge in [-0.05, 0) is 24.2 Å². The predicted octanol–water partition coefficient (Wildman–Crippen LogP) is 2.80. The fourth-order valence-electron chi connectivity index (χ4n) is 0.974. The van der Waals surface area contributed by atoms with Crippen LogP contribution < -0.4 is 5.73 Å². The van der Waals surface area contributed by atoms with Crippen molar-refractivity contribution in [1.82, 2.24) is 0 Å². The Kier molecular flexibility index (Phi) is 4.09. The third kappa shape index (κ3) is 4.41. The molecular weight excluding hydrogens is 134 g/mol. The molecule has 0 spiro atoms. The summed E-state index contributed by atoms with van der Waals surface area (Å²) in [6.07, 6.45) is 2.25. The molecule has 0 aliphatic rings. The Balaban J connectivity index is 3.77. The van der Waals surface area contributed by atoms with Crippen LogP contribution in [0.4, 0.5) is 0 Å². The SMILES string of the molecule is CCC(N)CC(C)C(C)(C)C. The minimum Gasteiger partial charge on any atom is -0.328 e. The summed E-state index contributed by atoms with van der Waals surface area (Å²) < 4.78 is 0. The van der Waals surface area contributed by atoms with Crippen LogP contribution in [0.3, 0.4) is 0 Å². The lowest BCUT2D eigenvalue weighted by molar-refractivity contribution is 0.232. The van der Waals surface area contributed by atoms with Gasteiger partial charge in [0.05, 0.1) is 0 Å². The zero-order valence-corrected chi connectivity index (χ0v) is 8.65. The van der Waals surface area contributed by atoms with Crippen LogP contribution in [0.1, 0.15) is 47.5 Å². The Morgan fingerprint density at radius 1 is 1.27 bits per heavy atom. The summed E-state index contributed by atoms with van der Waals surface area (Å²) in [6.45, 7) is 11.3. The van der Waals surface area contributed by atoms with E-state index in [4.69, 9.17) is 5.73 Å². The highest BCUT2D eigenvalue weighted by atomic mass is 14.6. The zero-order valence-electron chi connectivity index (χ0n) is 8.65. The van der Waals surface area contributed by atoms with Crippen LogP contribution in [0.5, 0.6) is 0 Å². The van der Waals surface area contributed by atoms with E-state index >= 15 is 0 Å². The quantitative estimate of drug-likeness (QED) is 0.670. The van der Waals surface area contributed by atoms with Gasteiger partial charge in [-0.2, -0.15) is 0 Å². The first-order chi connectivity index (χ1) is 4.88. The molecule has 0 aromatic heterocycles. The summed E-state index contributed by atoms with van der Waals surface area (Å²) in [7, 11) is 0. The third-order valence-electron chi connectivity index (χ3n) is 2.66. The number of hydrogen-bond acceptors (Lipinski definition) is 1. The second-order valence-corrected chi connectivity index (χ2v) is 4.67. The molecule has 0 aliphatic carbocycles. The van der Waals surface area contributed by atoms with Gasteiger partial charge >= 0.3 is 0 Å². The van der Waals surface area contributed by atoms with Crippen molar-refractivity contribution in [3.05, 3.63) is 0 Å². The second kappa shape index (κ2) is 4.10. The molecule has 0 bridgehead atoms. The van der Waals surface area contributed by atoms with Gasteiger partial charge in [-0.1, -0.05) is 34.6 Å². The van der Waals surface area contributed by atoms with Gasteiger partial charge in [0.15, 0.2) is 0 Å². The lowest BCUT2D eigenvalue weighted by Gasteiger charge is -2.29. The van der Waals surface area contributed by atoms with Gasteiger partial charge in [0.1, 0.15) is 0 Å². The molecular formula is C10H23N. The van der Waals surface area contributed by atoms with Crippen LogP contribution in [0, 0.1) is 11.3 Å². The maximum Gasteiger partial charge on any atom is 0.00389 e. The van der Waals surface area contributed by atoms with E-state index in [1.54, 1.807) is 0 Å². The fraction of sp³-hybridized carbons (Fsp3) is 1.00. The van der Waals surface area contributed by atoms with Gasteiger partial charge in [0.2, 0.25) is 0 Å². The normalized spacial score (nSPS) is 18.0. The van der Waals surface area contributed by atoms with E-state index in [0.717, 1.165) is 18.8 Å². The molecule has 1 nitrogen and oxygen atoms in total. The average molecular weight is 157 g/mol. The molecule has 0 radical (unpaired) electrons. The van der Waals surface area contributed by atoms with Crippen molar-refractivity contribution in [1.29, 1.82) is 0 Å². The van der Waals surface area contributed by atoms with Crippen molar-refractivity contribution in [3.63, 3.8) is 0 Å². The molecule has 0 aromatic rings. The molecule has 0 amide bonds. The number of rotatable bonds is 3. The summed E-state index contributed by atoms with van der Waals surface area (Å²) in [5.41, 5.74) is 6.28. The van der Waals surface area contributed by atoms with Crippen molar-refractivity contribution in [2.45, 2.75) is 53.5 Å². The van der Waals surface area contributed by atoms with Gasteiger partial charge < -0.3 is 5.73 Å². The van der Waals surface area contributed by atoms with E-state index in [0.29, 0.717) is 11.5 Å². The highest BCUT2D eigenvalue weighted by Crippen LogP contribution is 2.28. The summed E-state index contributed by atoms with van der Waals surface area (Å²) >= 11 is 0. The van der Waals surface area contributed by atoms with Gasteiger partial charge in [-0.3, -0.25) is 0 Å². The first-order valence-electron chi connectivity index (χ1n) is 4.63. The standard InChI is InChI=1S/C10H23N/c1-6-9(11)7-8(2)10(3,4)5/h8-9H,6-7,11H2,1-5H3. The second-order valence-electron chi connectivity index (χ2n) is 4.67. The van der Waals surface area contributed by atoms with Gasteiger partial charge in [-0.25, -0.2) is 0 Å². The van der Waals surface area contributed by atoms with Crippen LogP contribution in [-0.2, 0) is 0 Å². The molecule has 0 rings (SSSR count). The first-order valence-corrected chi connectivity index (χ1v) is 4.63. The minimum absolute atomic E-state index is 0.393. The summed E-state index contributed by atoms with van der Waals surface area (Å²) in [5.74, 6) is 0.720. The van der Waals surface area contributed by atoms with Crippen LogP contribution in [0.15, 0.2) is 0 Å². The summed E-state index contributed by atoms with van der Waals surface area (Å²) in [5, 5.41) is 0. The Morgan fingerprint density at radius 2 is 1.73 bits per heavy atom. The van der Waals surface area contributed by atoms with E-state index in [1.165, 1.54) is 0 Å². The van der Waals surface area contributed by atoms with Gasteiger partial charge in [0, 0.05) is 6.04 Å². The molecule has 2 N–H and O–H groups in total. The molecule has 0 saturated heterocycles. The average Bonchev–Trinajstić information content (AvgIpc) is 1.85. The molecule has 0 heterocycles. The fourth-order valence-corrected chi connectivity index (χ4v) is 0.974. The Hall–Kier alpha value is -0.0400. The number of hydrogen-bond donors (Lipinski definition) is 1. The van der Waals surface area contributed by atoms with Crippen molar-refractivity contribution in [2.75, 3.05) is 0 Å². The summed E-state index contributed by atoms with van der Waals surface area (Å²) in [6, 6.07) is 0.393. The molecule has 2 atom stereocenters. The topological polar surface area (TPSA) is 26.0 Å². The molecule has 0 aromatic carbocycles. The minimum atomic E-state index is 0.393. The summed E-state index contributed by atoms with van der Waals surface area (Å²) in [4.78, 5) is 0.